The van der Waals surface area contributed by atoms with Crippen molar-refractivity contribution >= 4 is 11.8 Å². The van der Waals surface area contributed by atoms with Gasteiger partial charge in [0.2, 0.25) is 5.89 Å². The molecule has 0 fully saturated rings. The first-order chi connectivity index (χ1) is 7.17. The third-order valence-corrected chi connectivity index (χ3v) is 2.90. The summed E-state index contributed by atoms with van der Waals surface area (Å²) in [5, 5.41) is 7.18. The van der Waals surface area contributed by atoms with E-state index in [-0.39, 0.29) is 0 Å². The van der Waals surface area contributed by atoms with Crippen LogP contribution in [0, 0.1) is 5.92 Å². The van der Waals surface area contributed by atoms with Gasteiger partial charge in [0.25, 0.3) is 0 Å². The summed E-state index contributed by atoms with van der Waals surface area (Å²) < 4.78 is 5.19. The summed E-state index contributed by atoms with van der Waals surface area (Å²) in [6.07, 6.45) is 2.83. The Morgan fingerprint density at radius 3 is 2.73 bits per heavy atom. The Morgan fingerprint density at radius 2 is 2.20 bits per heavy atom. The van der Waals surface area contributed by atoms with E-state index in [4.69, 9.17) is 4.52 Å². The predicted octanol–water partition coefficient (Wildman–Crippen LogP) is 1.72. The molecular weight excluding hydrogens is 210 g/mol. The van der Waals surface area contributed by atoms with Crippen LogP contribution in [0.25, 0.3) is 0 Å². The van der Waals surface area contributed by atoms with E-state index < -0.39 is 0 Å². The SMILES string of the molecule is CNC(Cc1nc(CSC)no1)C(C)C. The monoisotopic (exact) mass is 229 g/mol. The molecule has 0 saturated heterocycles. The first-order valence-electron chi connectivity index (χ1n) is 5.15. The molecule has 1 N–H and O–H groups in total. The predicted molar refractivity (Wildman–Crippen MR) is 62.9 cm³/mol. The Balaban J connectivity index is 2.55. The van der Waals surface area contributed by atoms with Crippen LogP contribution in [0.5, 0.6) is 0 Å². The normalized spacial score (nSPS) is 13.4. The second-order valence-corrected chi connectivity index (χ2v) is 4.75. The van der Waals surface area contributed by atoms with Gasteiger partial charge in [-0.05, 0) is 19.2 Å². The van der Waals surface area contributed by atoms with Crippen LogP contribution in [-0.4, -0.2) is 29.5 Å². The topological polar surface area (TPSA) is 51.0 Å². The van der Waals surface area contributed by atoms with Gasteiger partial charge in [-0.2, -0.15) is 16.7 Å². The average molecular weight is 229 g/mol. The lowest BCUT2D eigenvalue weighted by Gasteiger charge is -2.17. The fourth-order valence-corrected chi connectivity index (χ4v) is 1.80. The molecule has 0 aliphatic heterocycles. The molecule has 15 heavy (non-hydrogen) atoms. The van der Waals surface area contributed by atoms with Gasteiger partial charge in [-0.3, -0.25) is 0 Å². The highest BCUT2D eigenvalue weighted by atomic mass is 32.2. The van der Waals surface area contributed by atoms with Crippen molar-refractivity contribution in [3.8, 4) is 0 Å². The molecule has 1 heterocycles. The van der Waals surface area contributed by atoms with E-state index in [0.717, 1.165) is 23.9 Å². The number of hydrogen-bond acceptors (Lipinski definition) is 5. The number of thioether (sulfide) groups is 1. The van der Waals surface area contributed by atoms with Crippen LogP contribution >= 0.6 is 11.8 Å². The summed E-state index contributed by atoms with van der Waals surface area (Å²) in [7, 11) is 1.96. The van der Waals surface area contributed by atoms with Gasteiger partial charge in [-0.1, -0.05) is 19.0 Å². The Labute approximate surface area is 95.2 Å². The molecule has 0 aliphatic carbocycles. The van der Waals surface area contributed by atoms with Crippen LogP contribution in [-0.2, 0) is 12.2 Å². The van der Waals surface area contributed by atoms with Crippen LogP contribution < -0.4 is 5.32 Å². The molecule has 1 unspecified atom stereocenters. The van der Waals surface area contributed by atoms with Gasteiger partial charge < -0.3 is 9.84 Å². The molecule has 0 radical (unpaired) electrons. The van der Waals surface area contributed by atoms with E-state index in [1.54, 1.807) is 11.8 Å². The highest BCUT2D eigenvalue weighted by molar-refractivity contribution is 7.97. The van der Waals surface area contributed by atoms with Crippen LogP contribution in [0.3, 0.4) is 0 Å². The van der Waals surface area contributed by atoms with Crippen molar-refractivity contribution in [1.29, 1.82) is 0 Å². The Hall–Kier alpha value is -0.550. The standard InChI is InChI=1S/C10H19N3OS/c1-7(2)8(11-3)5-10-12-9(6-15-4)13-14-10/h7-8,11H,5-6H2,1-4H3. The molecular formula is C10H19N3OS. The summed E-state index contributed by atoms with van der Waals surface area (Å²) >= 11 is 1.70. The van der Waals surface area contributed by atoms with Crippen molar-refractivity contribution in [3.05, 3.63) is 11.7 Å². The lowest BCUT2D eigenvalue weighted by molar-refractivity contribution is 0.333. The molecule has 1 aromatic heterocycles. The number of hydrogen-bond donors (Lipinski definition) is 1. The van der Waals surface area contributed by atoms with Gasteiger partial charge in [-0.25, -0.2) is 0 Å². The third-order valence-electron chi connectivity index (χ3n) is 2.35. The molecule has 0 saturated carbocycles. The summed E-state index contributed by atoms with van der Waals surface area (Å²) in [4.78, 5) is 4.33. The summed E-state index contributed by atoms with van der Waals surface area (Å²) in [5.41, 5.74) is 0. The highest BCUT2D eigenvalue weighted by Gasteiger charge is 2.15. The lowest BCUT2D eigenvalue weighted by Crippen LogP contribution is -2.32. The van der Waals surface area contributed by atoms with Gasteiger partial charge >= 0.3 is 0 Å². The molecule has 1 aromatic rings. The molecule has 0 spiro atoms. The zero-order chi connectivity index (χ0) is 11.3. The zero-order valence-corrected chi connectivity index (χ0v) is 10.6. The van der Waals surface area contributed by atoms with E-state index in [1.807, 2.05) is 13.3 Å². The largest absolute Gasteiger partial charge is 0.339 e. The maximum absolute atomic E-state index is 5.19. The second kappa shape index (κ2) is 6.12. The number of likely N-dealkylation sites (N-methyl/N-ethyl adjacent to an activating group) is 1. The molecule has 1 rings (SSSR count). The van der Waals surface area contributed by atoms with Gasteiger partial charge in [0.15, 0.2) is 5.82 Å². The maximum Gasteiger partial charge on any atom is 0.228 e. The van der Waals surface area contributed by atoms with Crippen molar-refractivity contribution in [3.63, 3.8) is 0 Å². The maximum atomic E-state index is 5.19. The summed E-state index contributed by atoms with van der Waals surface area (Å²) in [6, 6.07) is 0.396. The Kier molecular flexibility index (Phi) is 5.11. The minimum atomic E-state index is 0.396. The van der Waals surface area contributed by atoms with Crippen molar-refractivity contribution in [2.24, 2.45) is 5.92 Å². The molecule has 0 aliphatic rings. The van der Waals surface area contributed by atoms with E-state index in [0.29, 0.717) is 12.0 Å². The van der Waals surface area contributed by atoms with Gasteiger partial charge in [0, 0.05) is 12.5 Å². The minimum absolute atomic E-state index is 0.396. The second-order valence-electron chi connectivity index (χ2n) is 3.88. The quantitative estimate of drug-likeness (QED) is 0.805. The number of aromatic nitrogens is 2. The van der Waals surface area contributed by atoms with Crippen molar-refractivity contribution in [2.45, 2.75) is 32.1 Å². The molecule has 0 amide bonds. The zero-order valence-electron chi connectivity index (χ0n) is 9.78. The average Bonchev–Trinajstić information content (AvgIpc) is 2.62. The van der Waals surface area contributed by atoms with Crippen molar-refractivity contribution in [2.75, 3.05) is 13.3 Å². The Morgan fingerprint density at radius 1 is 1.47 bits per heavy atom. The van der Waals surface area contributed by atoms with Crippen LogP contribution in [0.4, 0.5) is 0 Å². The van der Waals surface area contributed by atoms with Gasteiger partial charge in [0.05, 0.1) is 5.75 Å². The molecule has 5 heteroatoms. The van der Waals surface area contributed by atoms with Crippen LogP contribution in [0.2, 0.25) is 0 Å². The Bertz CT molecular complexity index is 288. The fourth-order valence-electron chi connectivity index (χ4n) is 1.42. The molecule has 86 valence electrons. The molecule has 1 atom stereocenters. The summed E-state index contributed by atoms with van der Waals surface area (Å²) in [5.74, 6) is 2.89. The van der Waals surface area contributed by atoms with Crippen LogP contribution in [0.15, 0.2) is 4.52 Å². The van der Waals surface area contributed by atoms with Gasteiger partial charge in [0.1, 0.15) is 0 Å². The van der Waals surface area contributed by atoms with Crippen molar-refractivity contribution in [1.82, 2.24) is 15.5 Å². The first-order valence-corrected chi connectivity index (χ1v) is 6.54. The van der Waals surface area contributed by atoms with E-state index in [1.165, 1.54) is 0 Å². The smallest absolute Gasteiger partial charge is 0.228 e. The number of nitrogens with one attached hydrogen (secondary N) is 1. The lowest BCUT2D eigenvalue weighted by atomic mass is 10.0. The molecule has 0 bridgehead atoms. The minimum Gasteiger partial charge on any atom is -0.339 e. The van der Waals surface area contributed by atoms with E-state index in [9.17, 15) is 0 Å². The van der Waals surface area contributed by atoms with Gasteiger partial charge in [-0.15, -0.1) is 0 Å². The fraction of sp³-hybridized carbons (Fsp3) is 0.800. The van der Waals surface area contributed by atoms with Crippen molar-refractivity contribution < 1.29 is 4.52 Å². The number of nitrogens with zero attached hydrogens (tertiary/aromatic N) is 2. The van der Waals surface area contributed by atoms with E-state index in [2.05, 4.69) is 29.3 Å². The van der Waals surface area contributed by atoms with Crippen LogP contribution in [0.1, 0.15) is 25.6 Å². The molecule has 0 aromatic carbocycles. The first kappa shape index (κ1) is 12.5. The molecule has 4 nitrogen and oxygen atoms in total. The third kappa shape index (κ3) is 3.83. The van der Waals surface area contributed by atoms with E-state index >= 15 is 0 Å². The highest BCUT2D eigenvalue weighted by Crippen LogP contribution is 2.10. The summed E-state index contributed by atoms with van der Waals surface area (Å²) in [6.45, 7) is 4.36. The number of rotatable bonds is 6.